The molecule has 2 heterocycles. The maximum Gasteiger partial charge on any atom is 0.271 e. The van der Waals surface area contributed by atoms with Gasteiger partial charge in [-0.2, -0.15) is 0 Å². The zero-order chi connectivity index (χ0) is 19.4. The first-order chi connectivity index (χ1) is 13.0. The van der Waals surface area contributed by atoms with Crippen molar-refractivity contribution >= 4 is 27.7 Å². The van der Waals surface area contributed by atoms with E-state index in [-0.39, 0.29) is 11.8 Å². The summed E-state index contributed by atoms with van der Waals surface area (Å²) in [5.74, 6) is 0.465. The third kappa shape index (κ3) is 4.49. The van der Waals surface area contributed by atoms with Crippen LogP contribution in [0.5, 0.6) is 0 Å². The molecule has 0 fully saturated rings. The summed E-state index contributed by atoms with van der Waals surface area (Å²) in [6.45, 7) is 0.752. The van der Waals surface area contributed by atoms with Gasteiger partial charge in [0.2, 0.25) is 0 Å². The van der Waals surface area contributed by atoms with Gasteiger partial charge in [-0.15, -0.1) is 0 Å². The number of furan rings is 1. The van der Waals surface area contributed by atoms with Crippen molar-refractivity contribution in [2.45, 2.75) is 13.1 Å². The number of carbonyl (C=O) groups excluding carboxylic acids is 2. The van der Waals surface area contributed by atoms with Gasteiger partial charge in [0.25, 0.3) is 11.8 Å². The van der Waals surface area contributed by atoms with Crippen molar-refractivity contribution < 1.29 is 14.0 Å². The van der Waals surface area contributed by atoms with Gasteiger partial charge < -0.3 is 19.2 Å². The Bertz CT molecular complexity index is 930. The first-order valence-electron chi connectivity index (χ1n) is 8.42. The monoisotopic (exact) mass is 429 g/mol. The molecule has 0 aliphatic carbocycles. The highest BCUT2D eigenvalue weighted by molar-refractivity contribution is 9.10. The number of aromatic nitrogens is 1. The molecule has 0 bridgehead atoms. The Morgan fingerprint density at radius 3 is 2.48 bits per heavy atom. The van der Waals surface area contributed by atoms with Gasteiger partial charge in [0, 0.05) is 36.9 Å². The van der Waals surface area contributed by atoms with E-state index in [1.54, 1.807) is 47.0 Å². The van der Waals surface area contributed by atoms with Crippen LogP contribution in [-0.2, 0) is 20.1 Å². The molecular formula is C20H20BrN3O3. The maximum atomic E-state index is 13.1. The van der Waals surface area contributed by atoms with Crippen LogP contribution in [0.1, 0.15) is 32.2 Å². The fourth-order valence-corrected chi connectivity index (χ4v) is 3.34. The predicted octanol–water partition coefficient (Wildman–Crippen LogP) is 3.58. The molecule has 0 radical (unpaired) electrons. The van der Waals surface area contributed by atoms with Gasteiger partial charge in [0.15, 0.2) is 0 Å². The highest BCUT2D eigenvalue weighted by Crippen LogP contribution is 2.19. The van der Waals surface area contributed by atoms with Crippen molar-refractivity contribution in [2.24, 2.45) is 7.05 Å². The lowest BCUT2D eigenvalue weighted by atomic mass is 10.1. The van der Waals surface area contributed by atoms with Gasteiger partial charge in [-0.05, 0) is 51.8 Å². The minimum atomic E-state index is -0.140. The number of halogens is 1. The summed E-state index contributed by atoms with van der Waals surface area (Å²) in [5, 5.41) is 2.60. The molecule has 0 atom stereocenters. The predicted molar refractivity (Wildman–Crippen MR) is 105 cm³/mol. The molecule has 0 unspecified atom stereocenters. The Balaban J connectivity index is 1.84. The molecule has 0 spiro atoms. The summed E-state index contributed by atoms with van der Waals surface area (Å²) in [7, 11) is 3.43. The molecule has 6 nitrogen and oxygen atoms in total. The third-order valence-corrected chi connectivity index (χ3v) is 4.65. The number of aryl methyl sites for hydroxylation is 1. The molecule has 2 amide bonds. The Morgan fingerprint density at radius 2 is 1.93 bits per heavy atom. The second-order valence-corrected chi connectivity index (χ2v) is 7.09. The zero-order valence-corrected chi connectivity index (χ0v) is 16.7. The van der Waals surface area contributed by atoms with E-state index in [1.165, 1.54) is 0 Å². The van der Waals surface area contributed by atoms with Gasteiger partial charge in [0.1, 0.15) is 11.5 Å². The van der Waals surface area contributed by atoms with E-state index in [0.29, 0.717) is 30.1 Å². The summed E-state index contributed by atoms with van der Waals surface area (Å²) in [6.07, 6.45) is 3.44. The van der Waals surface area contributed by atoms with Gasteiger partial charge in [0.05, 0.1) is 12.8 Å². The van der Waals surface area contributed by atoms with E-state index in [0.717, 1.165) is 10.0 Å². The van der Waals surface area contributed by atoms with Crippen molar-refractivity contribution in [3.63, 3.8) is 0 Å². The summed E-state index contributed by atoms with van der Waals surface area (Å²) < 4.78 is 8.06. The summed E-state index contributed by atoms with van der Waals surface area (Å²) >= 11 is 3.41. The van der Waals surface area contributed by atoms with Crippen LogP contribution in [0, 0.1) is 0 Å². The molecule has 7 heteroatoms. The van der Waals surface area contributed by atoms with E-state index in [4.69, 9.17) is 4.42 Å². The minimum absolute atomic E-state index is 0.102. The molecule has 3 aromatic rings. The van der Waals surface area contributed by atoms with Crippen molar-refractivity contribution in [1.82, 2.24) is 14.8 Å². The zero-order valence-electron chi connectivity index (χ0n) is 15.1. The SMILES string of the molecule is CNC(=O)c1ccc(CN(Cc2ccco2)C(=O)c2cc(Br)cn2C)cc1. The molecule has 0 saturated heterocycles. The highest BCUT2D eigenvalue weighted by atomic mass is 79.9. The smallest absolute Gasteiger partial charge is 0.271 e. The van der Waals surface area contributed by atoms with E-state index < -0.39 is 0 Å². The number of benzene rings is 1. The van der Waals surface area contributed by atoms with E-state index in [9.17, 15) is 9.59 Å². The van der Waals surface area contributed by atoms with Crippen molar-refractivity contribution in [3.8, 4) is 0 Å². The van der Waals surface area contributed by atoms with Crippen LogP contribution in [0.25, 0.3) is 0 Å². The van der Waals surface area contributed by atoms with Gasteiger partial charge in [-0.25, -0.2) is 0 Å². The molecule has 1 aromatic carbocycles. The van der Waals surface area contributed by atoms with Crippen LogP contribution in [0.15, 0.2) is 63.8 Å². The topological polar surface area (TPSA) is 67.5 Å². The summed E-state index contributed by atoms with van der Waals surface area (Å²) in [6, 6.07) is 12.7. The van der Waals surface area contributed by atoms with Crippen LogP contribution in [0.4, 0.5) is 0 Å². The highest BCUT2D eigenvalue weighted by Gasteiger charge is 2.21. The average molecular weight is 430 g/mol. The molecule has 27 heavy (non-hydrogen) atoms. The van der Waals surface area contributed by atoms with Crippen LogP contribution in [-0.4, -0.2) is 28.3 Å². The number of hydrogen-bond acceptors (Lipinski definition) is 3. The number of carbonyl (C=O) groups is 2. The van der Waals surface area contributed by atoms with Crippen molar-refractivity contribution in [1.29, 1.82) is 0 Å². The number of rotatable bonds is 6. The molecular weight excluding hydrogens is 410 g/mol. The van der Waals surface area contributed by atoms with E-state index >= 15 is 0 Å². The van der Waals surface area contributed by atoms with Crippen LogP contribution >= 0.6 is 15.9 Å². The molecule has 140 valence electrons. The fraction of sp³-hybridized carbons (Fsp3) is 0.200. The fourth-order valence-electron chi connectivity index (χ4n) is 2.82. The number of amides is 2. The lowest BCUT2D eigenvalue weighted by Crippen LogP contribution is -2.31. The lowest BCUT2D eigenvalue weighted by molar-refractivity contribution is 0.0707. The summed E-state index contributed by atoms with van der Waals surface area (Å²) in [5.41, 5.74) is 2.09. The third-order valence-electron chi connectivity index (χ3n) is 4.22. The normalized spacial score (nSPS) is 10.6. The van der Waals surface area contributed by atoms with Gasteiger partial charge >= 0.3 is 0 Å². The minimum Gasteiger partial charge on any atom is -0.467 e. The number of hydrogen-bond donors (Lipinski definition) is 1. The Morgan fingerprint density at radius 1 is 1.19 bits per heavy atom. The second kappa shape index (κ2) is 8.26. The van der Waals surface area contributed by atoms with Gasteiger partial charge in [-0.3, -0.25) is 9.59 Å². The Labute approximate surface area is 165 Å². The van der Waals surface area contributed by atoms with Gasteiger partial charge in [-0.1, -0.05) is 12.1 Å². The molecule has 1 N–H and O–H groups in total. The first kappa shape index (κ1) is 19.0. The Hall–Kier alpha value is -2.80. The van der Waals surface area contributed by atoms with Crippen molar-refractivity contribution in [2.75, 3.05) is 7.05 Å². The van der Waals surface area contributed by atoms with E-state index in [1.807, 2.05) is 31.4 Å². The standard InChI is InChI=1S/C20H20BrN3O3/c1-22-19(25)15-7-5-14(6-8-15)11-24(13-17-4-3-9-27-17)20(26)18-10-16(21)12-23(18)2/h3-10,12H,11,13H2,1-2H3,(H,22,25). The van der Waals surface area contributed by atoms with Crippen LogP contribution in [0.3, 0.4) is 0 Å². The first-order valence-corrected chi connectivity index (χ1v) is 9.21. The van der Waals surface area contributed by atoms with Crippen molar-refractivity contribution in [3.05, 3.63) is 82.0 Å². The van der Waals surface area contributed by atoms with E-state index in [2.05, 4.69) is 21.2 Å². The largest absolute Gasteiger partial charge is 0.467 e. The average Bonchev–Trinajstić information content (AvgIpc) is 3.29. The molecule has 2 aromatic heterocycles. The van der Waals surface area contributed by atoms with Crippen LogP contribution < -0.4 is 5.32 Å². The molecule has 0 aliphatic heterocycles. The molecule has 0 aliphatic rings. The van der Waals surface area contributed by atoms with Crippen LogP contribution in [0.2, 0.25) is 0 Å². The molecule has 3 rings (SSSR count). The summed E-state index contributed by atoms with van der Waals surface area (Å²) in [4.78, 5) is 26.5. The Kier molecular flexibility index (Phi) is 5.81. The maximum absolute atomic E-state index is 13.1. The quantitative estimate of drug-likeness (QED) is 0.650. The second-order valence-electron chi connectivity index (χ2n) is 6.17. The number of nitrogens with zero attached hydrogens (tertiary/aromatic N) is 2. The number of nitrogens with one attached hydrogen (secondary N) is 1. The lowest BCUT2D eigenvalue weighted by Gasteiger charge is -2.22. The molecule has 0 saturated carbocycles.